The van der Waals surface area contributed by atoms with Gasteiger partial charge in [-0.1, -0.05) is 0 Å². The van der Waals surface area contributed by atoms with E-state index in [2.05, 4.69) is 15.0 Å². The lowest BCUT2D eigenvalue weighted by Crippen LogP contribution is -2.48. The molecule has 8 nitrogen and oxygen atoms in total. The highest BCUT2D eigenvalue weighted by Crippen LogP contribution is 2.02. The van der Waals surface area contributed by atoms with Gasteiger partial charge in [0, 0.05) is 0 Å². The molecule has 1 N–H and O–H groups in total. The second-order valence-corrected chi connectivity index (χ2v) is 2.38. The van der Waals surface area contributed by atoms with Crippen molar-refractivity contribution in [1.82, 2.24) is 5.32 Å². The number of hydrogen-bond donors (Lipinski definition) is 1. The maximum absolute atomic E-state index is 11.0. The molecule has 14 heavy (non-hydrogen) atoms. The van der Waals surface area contributed by atoms with E-state index in [0.29, 0.717) is 0 Å². The Kier molecular flexibility index (Phi) is 1.50. The van der Waals surface area contributed by atoms with Crippen molar-refractivity contribution < 1.29 is 19.5 Å². The van der Waals surface area contributed by atoms with Crippen LogP contribution in [0.5, 0.6) is 0 Å². The number of hydrogen-bond acceptors (Lipinski definition) is 5. The van der Waals surface area contributed by atoms with Gasteiger partial charge >= 0.3 is 6.03 Å². The summed E-state index contributed by atoms with van der Waals surface area (Å²) >= 11 is 0. The molecule has 0 aromatic heterocycles. The molecular formula is C6HN4O4-. The van der Waals surface area contributed by atoms with Crippen LogP contribution in [0.1, 0.15) is 0 Å². The molecule has 2 rings (SSSR count). The smallest absolute Gasteiger partial charge is 0.348 e. The van der Waals surface area contributed by atoms with E-state index >= 15 is 0 Å². The van der Waals surface area contributed by atoms with E-state index in [1.165, 1.54) is 0 Å². The second-order valence-electron chi connectivity index (χ2n) is 2.38. The van der Waals surface area contributed by atoms with E-state index in [4.69, 9.17) is 0 Å². The number of amidine groups is 1. The molecule has 0 aromatic rings. The zero-order valence-electron chi connectivity index (χ0n) is 6.47. The van der Waals surface area contributed by atoms with Crippen LogP contribution in [0.3, 0.4) is 0 Å². The molecule has 8 heteroatoms. The first-order valence-electron chi connectivity index (χ1n) is 3.41. The maximum Gasteiger partial charge on any atom is 0.348 e. The van der Waals surface area contributed by atoms with Gasteiger partial charge in [-0.3, -0.25) is 14.9 Å². The summed E-state index contributed by atoms with van der Waals surface area (Å²) in [7, 11) is 0. The molecule has 0 unspecified atom stereocenters. The topological polar surface area (TPSA) is 123 Å². The molecule has 0 atom stereocenters. The lowest BCUT2D eigenvalue weighted by atomic mass is 10.1. The molecule has 0 fully saturated rings. The van der Waals surface area contributed by atoms with Gasteiger partial charge in [-0.15, -0.1) is 0 Å². The highest BCUT2D eigenvalue weighted by Gasteiger charge is 2.32. The van der Waals surface area contributed by atoms with Crippen molar-refractivity contribution >= 4 is 35.3 Å². The minimum absolute atomic E-state index is 0.463. The number of rotatable bonds is 0. The zero-order valence-corrected chi connectivity index (χ0v) is 6.47. The molecule has 0 saturated heterocycles. The van der Waals surface area contributed by atoms with Crippen LogP contribution < -0.4 is 10.4 Å². The molecule has 0 aliphatic carbocycles. The normalized spacial score (nSPS) is 20.6. The Morgan fingerprint density at radius 3 is 2.43 bits per heavy atom. The average molecular weight is 193 g/mol. The van der Waals surface area contributed by atoms with Gasteiger partial charge < -0.3 is 5.11 Å². The number of nitrogens with one attached hydrogen (secondary N) is 1. The Hall–Kier alpha value is -2.38. The Balaban J connectivity index is 2.59. The number of imide groups is 1. The van der Waals surface area contributed by atoms with Crippen LogP contribution >= 0.6 is 0 Å². The highest BCUT2D eigenvalue weighted by molar-refractivity contribution is 6.84. The van der Waals surface area contributed by atoms with E-state index in [1.54, 1.807) is 5.32 Å². The molecule has 0 aromatic carbocycles. The van der Waals surface area contributed by atoms with E-state index in [1.807, 2.05) is 0 Å². The Morgan fingerprint density at radius 2 is 1.71 bits per heavy atom. The van der Waals surface area contributed by atoms with E-state index < -0.39 is 35.3 Å². The molecule has 2 aliphatic rings. The first kappa shape index (κ1) is 8.23. The molecule has 70 valence electrons. The molecule has 0 radical (unpaired) electrons. The minimum atomic E-state index is -1.08. The van der Waals surface area contributed by atoms with Crippen LogP contribution in [0.2, 0.25) is 0 Å². The number of carbonyl (C=O) groups excluding carboxylic acids is 3. The first-order chi connectivity index (χ1) is 6.58. The van der Waals surface area contributed by atoms with Crippen molar-refractivity contribution in [3.05, 3.63) is 0 Å². The number of nitrogens with zero attached hydrogens (tertiary/aromatic N) is 3. The fourth-order valence-electron chi connectivity index (χ4n) is 0.960. The highest BCUT2D eigenvalue weighted by atomic mass is 16.3. The van der Waals surface area contributed by atoms with Crippen LogP contribution in [0.4, 0.5) is 4.79 Å². The summed E-state index contributed by atoms with van der Waals surface area (Å²) in [6.45, 7) is 0. The van der Waals surface area contributed by atoms with Gasteiger partial charge in [0.15, 0.2) is 11.4 Å². The Labute approximate surface area is 76.1 Å². The summed E-state index contributed by atoms with van der Waals surface area (Å²) in [4.78, 5) is 42.0. The standard InChI is InChI=1S/C6H2N4O4/c11-3-1-2(8-6(14)9-3)4(12)10-5(13)7-1/h(H,9,11,14)(H,10,12,13)/p-1. The lowest BCUT2D eigenvalue weighted by Gasteiger charge is -2.16. The predicted molar refractivity (Wildman–Crippen MR) is 40.9 cm³/mol. The SMILES string of the molecule is O=C1N=C2C(=O)N=C([O-])N=C2C(=O)N1. The summed E-state index contributed by atoms with van der Waals surface area (Å²) in [5.41, 5.74) is -0.951. The van der Waals surface area contributed by atoms with Crippen molar-refractivity contribution in [2.24, 2.45) is 15.0 Å². The average Bonchev–Trinajstić information content (AvgIpc) is 2.07. The van der Waals surface area contributed by atoms with Gasteiger partial charge in [0.1, 0.15) is 0 Å². The summed E-state index contributed by atoms with van der Waals surface area (Å²) in [6, 6.07) is -2.05. The fourth-order valence-corrected chi connectivity index (χ4v) is 0.960. The third kappa shape index (κ3) is 1.09. The summed E-state index contributed by atoms with van der Waals surface area (Å²) in [5.74, 6) is -1.94. The molecule has 0 bridgehead atoms. The molecular weight excluding hydrogens is 192 g/mol. The first-order valence-corrected chi connectivity index (χ1v) is 3.41. The monoisotopic (exact) mass is 193 g/mol. The maximum atomic E-state index is 11.0. The quantitative estimate of drug-likeness (QED) is 0.452. The molecule has 4 amide bonds. The number of carbonyl (C=O) groups is 3. The number of urea groups is 1. The molecule has 0 spiro atoms. The number of amides is 4. The van der Waals surface area contributed by atoms with Crippen molar-refractivity contribution in [3.8, 4) is 0 Å². The van der Waals surface area contributed by atoms with Crippen LogP contribution in [0.25, 0.3) is 0 Å². The van der Waals surface area contributed by atoms with E-state index in [9.17, 15) is 19.5 Å². The van der Waals surface area contributed by atoms with E-state index in [0.717, 1.165) is 0 Å². The van der Waals surface area contributed by atoms with Gasteiger partial charge in [-0.05, 0) is 0 Å². The van der Waals surface area contributed by atoms with Crippen LogP contribution in [0, 0.1) is 0 Å². The van der Waals surface area contributed by atoms with Gasteiger partial charge in [0.2, 0.25) is 0 Å². The predicted octanol–water partition coefficient (Wildman–Crippen LogP) is -2.63. The van der Waals surface area contributed by atoms with Crippen molar-refractivity contribution in [2.45, 2.75) is 0 Å². The van der Waals surface area contributed by atoms with Gasteiger partial charge in [0.05, 0.1) is 6.02 Å². The Morgan fingerprint density at radius 1 is 1.00 bits per heavy atom. The fraction of sp³-hybridized carbons (Fsp3) is 0. The van der Waals surface area contributed by atoms with Crippen LogP contribution in [0.15, 0.2) is 15.0 Å². The van der Waals surface area contributed by atoms with Crippen molar-refractivity contribution in [3.63, 3.8) is 0 Å². The van der Waals surface area contributed by atoms with Crippen molar-refractivity contribution in [1.29, 1.82) is 0 Å². The zero-order chi connectivity index (χ0) is 10.3. The summed E-state index contributed by atoms with van der Waals surface area (Å²) in [5, 5.41) is 12.4. The summed E-state index contributed by atoms with van der Waals surface area (Å²) < 4.78 is 0. The number of aliphatic imine (C=N–C) groups is 3. The molecule has 2 aliphatic heterocycles. The molecule has 2 heterocycles. The third-order valence-electron chi connectivity index (χ3n) is 1.48. The number of fused-ring (bicyclic) bond motifs is 1. The third-order valence-corrected chi connectivity index (χ3v) is 1.48. The van der Waals surface area contributed by atoms with Gasteiger partial charge in [-0.2, -0.15) is 4.99 Å². The largest absolute Gasteiger partial charge is 0.844 e. The molecule has 0 saturated carbocycles. The van der Waals surface area contributed by atoms with Gasteiger partial charge in [-0.25, -0.2) is 14.8 Å². The Bertz CT molecular complexity index is 458. The van der Waals surface area contributed by atoms with Crippen LogP contribution in [-0.2, 0) is 9.59 Å². The summed E-state index contributed by atoms with van der Waals surface area (Å²) in [6.07, 6.45) is 0. The van der Waals surface area contributed by atoms with E-state index in [-0.39, 0.29) is 0 Å². The van der Waals surface area contributed by atoms with Gasteiger partial charge in [0.25, 0.3) is 11.8 Å². The minimum Gasteiger partial charge on any atom is -0.844 e. The lowest BCUT2D eigenvalue weighted by molar-refractivity contribution is -0.217. The second kappa shape index (κ2) is 2.55. The van der Waals surface area contributed by atoms with Crippen LogP contribution in [-0.4, -0.2) is 35.3 Å². The van der Waals surface area contributed by atoms with Crippen molar-refractivity contribution in [2.75, 3.05) is 0 Å².